The molecule has 3 rings (SSSR count). The van der Waals surface area contributed by atoms with Gasteiger partial charge in [-0.3, -0.25) is 14.5 Å². The van der Waals surface area contributed by atoms with E-state index in [1.807, 2.05) is 62.4 Å². The fourth-order valence-electron chi connectivity index (χ4n) is 4.17. The predicted octanol–water partition coefficient (Wildman–Crippen LogP) is 2.85. The Morgan fingerprint density at radius 1 is 0.971 bits per heavy atom. The largest absolute Gasteiger partial charge is 0.436 e. The van der Waals surface area contributed by atoms with E-state index in [2.05, 4.69) is 10.6 Å². The number of fused-ring (bicyclic) bond motifs is 3. The standard InChI is InChI=1S/C25H32N4O4.ClH/c1-15(2)21(24(31)28-16(3)23(30)27-14-13-26)29(4)25(32)33-22-19-11-7-5-9-17(19)18-10-6-8-12-20(18)22;/h5-12,15-16,21-22H,13-14,26H2,1-4H3,(H,27,30)(H,28,31);1H. The molecule has 9 heteroatoms. The number of carbonyl (C=O) groups is 3. The summed E-state index contributed by atoms with van der Waals surface area (Å²) in [7, 11) is 1.54. The van der Waals surface area contributed by atoms with Crippen LogP contribution < -0.4 is 16.4 Å². The number of rotatable bonds is 8. The van der Waals surface area contributed by atoms with Crippen molar-refractivity contribution >= 4 is 30.3 Å². The zero-order valence-electron chi connectivity index (χ0n) is 19.9. The SMILES string of the molecule is CC(NC(=O)C(C(C)C)N(C)C(=O)OC1c2ccccc2-c2ccccc21)C(=O)NCCN.Cl. The smallest absolute Gasteiger partial charge is 0.411 e. The van der Waals surface area contributed by atoms with Crippen LogP contribution in [0.3, 0.4) is 0 Å². The molecule has 8 nitrogen and oxygen atoms in total. The average Bonchev–Trinajstić information content (AvgIpc) is 3.11. The average molecular weight is 489 g/mol. The van der Waals surface area contributed by atoms with E-state index in [1.165, 1.54) is 4.90 Å². The van der Waals surface area contributed by atoms with Crippen LogP contribution in [0.4, 0.5) is 4.79 Å². The van der Waals surface area contributed by atoms with Gasteiger partial charge in [-0.1, -0.05) is 62.4 Å². The third-order valence-electron chi connectivity index (χ3n) is 5.80. The van der Waals surface area contributed by atoms with Gasteiger partial charge in [0.15, 0.2) is 6.10 Å². The van der Waals surface area contributed by atoms with Crippen LogP contribution in [0.25, 0.3) is 11.1 Å². The third kappa shape index (κ3) is 5.69. The molecule has 2 atom stereocenters. The van der Waals surface area contributed by atoms with Crippen LogP contribution in [0.1, 0.15) is 38.0 Å². The van der Waals surface area contributed by atoms with Crippen LogP contribution in [0, 0.1) is 5.92 Å². The first kappa shape index (κ1) is 27.1. The highest BCUT2D eigenvalue weighted by Gasteiger charge is 2.36. The van der Waals surface area contributed by atoms with E-state index in [-0.39, 0.29) is 24.2 Å². The Labute approximate surface area is 206 Å². The van der Waals surface area contributed by atoms with Crippen molar-refractivity contribution in [1.29, 1.82) is 0 Å². The van der Waals surface area contributed by atoms with Gasteiger partial charge >= 0.3 is 6.09 Å². The van der Waals surface area contributed by atoms with Crippen LogP contribution in [0.15, 0.2) is 48.5 Å². The molecule has 2 aromatic rings. The zero-order valence-corrected chi connectivity index (χ0v) is 20.7. The second kappa shape index (κ2) is 11.9. The van der Waals surface area contributed by atoms with E-state index < -0.39 is 30.2 Å². The molecule has 3 amide bonds. The maximum Gasteiger partial charge on any atom is 0.411 e. The lowest BCUT2D eigenvalue weighted by atomic mass is 10.0. The number of nitrogens with one attached hydrogen (secondary N) is 2. The van der Waals surface area contributed by atoms with Gasteiger partial charge in [-0.2, -0.15) is 0 Å². The lowest BCUT2D eigenvalue weighted by Crippen LogP contribution is -2.55. The Morgan fingerprint density at radius 3 is 2.00 bits per heavy atom. The van der Waals surface area contributed by atoms with Crippen molar-refractivity contribution in [3.8, 4) is 11.1 Å². The van der Waals surface area contributed by atoms with Gasteiger partial charge in [0.05, 0.1) is 0 Å². The van der Waals surface area contributed by atoms with E-state index in [9.17, 15) is 14.4 Å². The van der Waals surface area contributed by atoms with Gasteiger partial charge in [0.25, 0.3) is 0 Å². The second-order valence-electron chi connectivity index (χ2n) is 8.55. The molecule has 184 valence electrons. The first-order valence-electron chi connectivity index (χ1n) is 11.2. The first-order valence-corrected chi connectivity index (χ1v) is 11.2. The summed E-state index contributed by atoms with van der Waals surface area (Å²) < 4.78 is 5.93. The topological polar surface area (TPSA) is 114 Å². The van der Waals surface area contributed by atoms with Crippen molar-refractivity contribution in [3.05, 3.63) is 59.7 Å². The Balaban J connectivity index is 0.00000408. The van der Waals surface area contributed by atoms with E-state index in [0.29, 0.717) is 13.1 Å². The number of nitrogens with zero attached hydrogens (tertiary/aromatic N) is 1. The van der Waals surface area contributed by atoms with Gasteiger partial charge < -0.3 is 21.1 Å². The van der Waals surface area contributed by atoms with E-state index in [4.69, 9.17) is 10.5 Å². The number of hydrogen-bond donors (Lipinski definition) is 3. The van der Waals surface area contributed by atoms with Gasteiger partial charge in [0, 0.05) is 31.3 Å². The Morgan fingerprint density at radius 2 is 1.50 bits per heavy atom. The predicted molar refractivity (Wildman–Crippen MR) is 134 cm³/mol. The van der Waals surface area contributed by atoms with Crippen LogP contribution in [0.5, 0.6) is 0 Å². The fourth-order valence-corrected chi connectivity index (χ4v) is 4.17. The van der Waals surface area contributed by atoms with Crippen molar-refractivity contribution in [2.75, 3.05) is 20.1 Å². The Kier molecular flexibility index (Phi) is 9.46. The summed E-state index contributed by atoms with van der Waals surface area (Å²) in [6.45, 7) is 5.90. The van der Waals surface area contributed by atoms with Crippen molar-refractivity contribution in [1.82, 2.24) is 15.5 Å². The Bertz CT molecular complexity index is 984. The molecule has 34 heavy (non-hydrogen) atoms. The molecule has 0 aliphatic heterocycles. The van der Waals surface area contributed by atoms with Crippen molar-refractivity contribution in [3.63, 3.8) is 0 Å². The van der Waals surface area contributed by atoms with Gasteiger partial charge in [0.1, 0.15) is 12.1 Å². The zero-order chi connectivity index (χ0) is 24.1. The normalized spacial score (nSPS) is 13.7. The molecule has 2 unspecified atom stereocenters. The van der Waals surface area contributed by atoms with Gasteiger partial charge in [-0.25, -0.2) is 4.79 Å². The quantitative estimate of drug-likeness (QED) is 0.528. The van der Waals surface area contributed by atoms with Gasteiger partial charge in [0.2, 0.25) is 11.8 Å². The number of amides is 3. The summed E-state index contributed by atoms with van der Waals surface area (Å²) >= 11 is 0. The van der Waals surface area contributed by atoms with Crippen LogP contribution in [-0.2, 0) is 14.3 Å². The van der Waals surface area contributed by atoms with Crippen molar-refractivity contribution in [2.24, 2.45) is 11.7 Å². The molecule has 0 fully saturated rings. The molecule has 0 bridgehead atoms. The molecular weight excluding hydrogens is 456 g/mol. The van der Waals surface area contributed by atoms with E-state index >= 15 is 0 Å². The molecule has 1 aliphatic rings. The van der Waals surface area contributed by atoms with Crippen LogP contribution in [0.2, 0.25) is 0 Å². The molecule has 0 spiro atoms. The maximum atomic E-state index is 13.2. The Hall–Kier alpha value is -3.10. The number of nitrogens with two attached hydrogens (primary N) is 1. The minimum absolute atomic E-state index is 0. The summed E-state index contributed by atoms with van der Waals surface area (Å²) in [4.78, 5) is 39.6. The summed E-state index contributed by atoms with van der Waals surface area (Å²) in [6, 6.07) is 14.1. The van der Waals surface area contributed by atoms with E-state index in [0.717, 1.165) is 22.3 Å². The lowest BCUT2D eigenvalue weighted by molar-refractivity contribution is -0.132. The number of likely N-dealkylation sites (N-methyl/N-ethyl adjacent to an activating group) is 1. The van der Waals surface area contributed by atoms with Crippen molar-refractivity contribution < 1.29 is 19.1 Å². The highest BCUT2D eigenvalue weighted by molar-refractivity contribution is 5.91. The summed E-state index contributed by atoms with van der Waals surface area (Å²) in [5.41, 5.74) is 9.30. The summed E-state index contributed by atoms with van der Waals surface area (Å²) in [6.07, 6.45) is -1.16. The molecule has 0 heterocycles. The lowest BCUT2D eigenvalue weighted by Gasteiger charge is -2.31. The molecule has 0 saturated heterocycles. The minimum atomic E-state index is -0.811. The minimum Gasteiger partial charge on any atom is -0.436 e. The van der Waals surface area contributed by atoms with Crippen LogP contribution >= 0.6 is 12.4 Å². The highest BCUT2D eigenvalue weighted by atomic mass is 35.5. The summed E-state index contributed by atoms with van der Waals surface area (Å²) in [5, 5.41) is 5.33. The monoisotopic (exact) mass is 488 g/mol. The molecule has 1 aliphatic carbocycles. The second-order valence-corrected chi connectivity index (χ2v) is 8.55. The van der Waals surface area contributed by atoms with E-state index in [1.54, 1.807) is 14.0 Å². The number of halogens is 1. The number of benzene rings is 2. The van der Waals surface area contributed by atoms with Crippen molar-refractivity contribution in [2.45, 2.75) is 39.0 Å². The number of hydrogen-bond acceptors (Lipinski definition) is 5. The molecule has 4 N–H and O–H groups in total. The fraction of sp³-hybridized carbons (Fsp3) is 0.400. The number of ether oxygens (including phenoxy) is 1. The molecular formula is C25H33ClN4O4. The molecule has 2 aromatic carbocycles. The summed E-state index contributed by atoms with van der Waals surface area (Å²) in [5.74, 6) is -0.960. The van der Waals surface area contributed by atoms with Crippen LogP contribution in [-0.4, -0.2) is 55.0 Å². The molecule has 0 saturated carbocycles. The first-order chi connectivity index (χ1) is 15.8. The third-order valence-corrected chi connectivity index (χ3v) is 5.80. The highest BCUT2D eigenvalue weighted by Crippen LogP contribution is 2.45. The molecule has 0 radical (unpaired) electrons. The van der Waals surface area contributed by atoms with Gasteiger partial charge in [-0.05, 0) is 24.0 Å². The maximum absolute atomic E-state index is 13.2. The molecule has 0 aromatic heterocycles. The number of carbonyl (C=O) groups excluding carboxylic acids is 3. The van der Waals surface area contributed by atoms with Gasteiger partial charge in [-0.15, -0.1) is 12.4 Å².